The van der Waals surface area contributed by atoms with E-state index in [1.54, 1.807) is 30.3 Å². The van der Waals surface area contributed by atoms with Crippen molar-refractivity contribution in [2.75, 3.05) is 13.2 Å². The van der Waals surface area contributed by atoms with Gasteiger partial charge in [0.2, 0.25) is 0 Å². The lowest BCUT2D eigenvalue weighted by Crippen LogP contribution is -2.21. The normalized spacial score (nSPS) is 13.7. The Bertz CT molecular complexity index is 1130. The Morgan fingerprint density at radius 2 is 1.68 bits per heavy atom. The van der Waals surface area contributed by atoms with Gasteiger partial charge in [-0.05, 0) is 66.4 Å². The van der Waals surface area contributed by atoms with E-state index in [0.717, 1.165) is 23.3 Å². The molecule has 0 aliphatic heterocycles. The lowest BCUT2D eigenvalue weighted by atomic mass is 9.98. The van der Waals surface area contributed by atoms with Crippen molar-refractivity contribution in [2.24, 2.45) is 0 Å². The summed E-state index contributed by atoms with van der Waals surface area (Å²) in [7, 11) is 0. The summed E-state index contributed by atoms with van der Waals surface area (Å²) in [6.45, 7) is -0.496. The standard InChI is InChI=1S/C24H20F2O5/c25-16-4-8-23(22(26)10-16)31-19-6-7-20-15(9-19)2-1-14-3-5-18(11-21(14)24(20)29)30-13-17(28)12-27/h3-11,17,27-28H,1-2,12-13H2/t17-/m0/s1. The average Bonchev–Trinajstić information content (AvgIpc) is 2.90. The van der Waals surface area contributed by atoms with Crippen molar-refractivity contribution >= 4 is 5.78 Å². The molecule has 31 heavy (non-hydrogen) atoms. The van der Waals surface area contributed by atoms with Crippen molar-refractivity contribution in [1.82, 2.24) is 0 Å². The van der Waals surface area contributed by atoms with Crippen LogP contribution in [-0.2, 0) is 12.8 Å². The second-order valence-corrected chi connectivity index (χ2v) is 7.29. The molecular weight excluding hydrogens is 406 g/mol. The number of benzene rings is 3. The fraction of sp³-hybridized carbons (Fsp3) is 0.208. The van der Waals surface area contributed by atoms with Gasteiger partial charge in [-0.3, -0.25) is 4.79 Å². The van der Waals surface area contributed by atoms with Gasteiger partial charge in [-0.1, -0.05) is 6.07 Å². The predicted molar refractivity (Wildman–Crippen MR) is 109 cm³/mol. The molecule has 1 aliphatic carbocycles. The van der Waals surface area contributed by atoms with Crippen LogP contribution in [0.15, 0.2) is 54.6 Å². The highest BCUT2D eigenvalue weighted by atomic mass is 19.1. The molecule has 0 heterocycles. The van der Waals surface area contributed by atoms with Crippen LogP contribution in [0.2, 0.25) is 0 Å². The number of ketones is 1. The number of aryl methyl sites for hydroxylation is 2. The number of halogens is 2. The summed E-state index contributed by atoms with van der Waals surface area (Å²) in [4.78, 5) is 13.1. The summed E-state index contributed by atoms with van der Waals surface area (Å²) in [5.74, 6) is -0.993. The molecule has 0 radical (unpaired) electrons. The quantitative estimate of drug-likeness (QED) is 0.627. The van der Waals surface area contributed by atoms with Crippen LogP contribution in [0, 0.1) is 11.6 Å². The van der Waals surface area contributed by atoms with E-state index < -0.39 is 24.3 Å². The van der Waals surface area contributed by atoms with Gasteiger partial charge in [0, 0.05) is 17.2 Å². The smallest absolute Gasteiger partial charge is 0.193 e. The van der Waals surface area contributed by atoms with Gasteiger partial charge in [0.1, 0.15) is 30.0 Å². The Balaban J connectivity index is 1.58. The number of hydrogen-bond donors (Lipinski definition) is 2. The van der Waals surface area contributed by atoms with E-state index in [2.05, 4.69) is 0 Å². The number of rotatable bonds is 6. The molecule has 0 aromatic heterocycles. The minimum Gasteiger partial charge on any atom is -0.491 e. The maximum atomic E-state index is 13.9. The van der Waals surface area contributed by atoms with Gasteiger partial charge in [-0.25, -0.2) is 8.78 Å². The van der Waals surface area contributed by atoms with E-state index in [1.807, 2.05) is 6.07 Å². The highest BCUT2D eigenvalue weighted by molar-refractivity contribution is 6.11. The van der Waals surface area contributed by atoms with Crippen LogP contribution in [0.4, 0.5) is 8.78 Å². The molecule has 0 amide bonds. The van der Waals surface area contributed by atoms with E-state index in [-0.39, 0.29) is 18.1 Å². The van der Waals surface area contributed by atoms with Crippen LogP contribution < -0.4 is 9.47 Å². The van der Waals surface area contributed by atoms with E-state index in [9.17, 15) is 18.7 Å². The summed E-state index contributed by atoms with van der Waals surface area (Å²) in [5, 5.41) is 18.4. The highest BCUT2D eigenvalue weighted by Crippen LogP contribution is 2.32. The predicted octanol–water partition coefficient (Wildman–Crippen LogP) is 3.82. The Kier molecular flexibility index (Phi) is 5.97. The first-order valence-electron chi connectivity index (χ1n) is 9.80. The third-order valence-electron chi connectivity index (χ3n) is 5.09. The molecule has 0 fully saturated rings. The zero-order valence-corrected chi connectivity index (χ0v) is 16.5. The van der Waals surface area contributed by atoms with Crippen LogP contribution in [-0.4, -0.2) is 35.3 Å². The van der Waals surface area contributed by atoms with Crippen molar-refractivity contribution in [2.45, 2.75) is 18.9 Å². The molecule has 0 spiro atoms. The Labute approximate surface area is 177 Å². The lowest BCUT2D eigenvalue weighted by molar-refractivity contribution is 0.0536. The summed E-state index contributed by atoms with van der Waals surface area (Å²) in [6.07, 6.45) is 0.197. The van der Waals surface area contributed by atoms with E-state index >= 15 is 0 Å². The summed E-state index contributed by atoms with van der Waals surface area (Å²) < 4.78 is 38.0. The van der Waals surface area contributed by atoms with Gasteiger partial charge >= 0.3 is 0 Å². The van der Waals surface area contributed by atoms with Gasteiger partial charge in [0.15, 0.2) is 17.3 Å². The first-order chi connectivity index (χ1) is 14.9. The van der Waals surface area contributed by atoms with Crippen molar-refractivity contribution in [1.29, 1.82) is 0 Å². The second kappa shape index (κ2) is 8.83. The fourth-order valence-electron chi connectivity index (χ4n) is 3.48. The number of aliphatic hydroxyl groups excluding tert-OH is 2. The van der Waals surface area contributed by atoms with E-state index in [1.165, 1.54) is 6.07 Å². The van der Waals surface area contributed by atoms with Crippen molar-refractivity contribution < 1.29 is 33.3 Å². The number of carbonyl (C=O) groups excluding carboxylic acids is 1. The molecule has 3 aromatic rings. The SMILES string of the molecule is O=C1c2ccc(Oc3ccc(F)cc3F)cc2CCc2ccc(OC[C@@H](O)CO)cc21. The topological polar surface area (TPSA) is 76.0 Å². The molecule has 3 aromatic carbocycles. The number of aliphatic hydroxyl groups is 2. The molecule has 0 saturated carbocycles. The van der Waals surface area contributed by atoms with E-state index in [4.69, 9.17) is 14.6 Å². The van der Waals surface area contributed by atoms with Crippen LogP contribution in [0.25, 0.3) is 0 Å². The van der Waals surface area contributed by atoms with Gasteiger partial charge in [-0.2, -0.15) is 0 Å². The third-order valence-corrected chi connectivity index (χ3v) is 5.09. The van der Waals surface area contributed by atoms with Crippen LogP contribution in [0.3, 0.4) is 0 Å². The van der Waals surface area contributed by atoms with Gasteiger partial charge in [0.25, 0.3) is 0 Å². The molecular formula is C24H20F2O5. The molecule has 1 atom stereocenters. The Morgan fingerprint density at radius 1 is 0.903 bits per heavy atom. The van der Waals surface area contributed by atoms with Gasteiger partial charge in [0.05, 0.1) is 6.61 Å². The molecule has 160 valence electrons. The second-order valence-electron chi connectivity index (χ2n) is 7.29. The fourth-order valence-corrected chi connectivity index (χ4v) is 3.48. The van der Waals surface area contributed by atoms with Crippen LogP contribution >= 0.6 is 0 Å². The Hall–Kier alpha value is -3.29. The van der Waals surface area contributed by atoms with Crippen molar-refractivity contribution in [3.63, 3.8) is 0 Å². The van der Waals surface area contributed by atoms with Crippen molar-refractivity contribution in [3.05, 3.63) is 88.5 Å². The molecule has 0 saturated heterocycles. The first-order valence-corrected chi connectivity index (χ1v) is 9.80. The highest BCUT2D eigenvalue weighted by Gasteiger charge is 2.23. The Morgan fingerprint density at radius 3 is 2.45 bits per heavy atom. The third kappa shape index (κ3) is 4.57. The number of fused-ring (bicyclic) bond motifs is 2. The summed E-state index contributed by atoms with van der Waals surface area (Å²) >= 11 is 0. The zero-order chi connectivity index (χ0) is 22.0. The minimum atomic E-state index is -1.00. The number of hydrogen-bond acceptors (Lipinski definition) is 5. The molecule has 5 nitrogen and oxygen atoms in total. The van der Waals surface area contributed by atoms with E-state index in [0.29, 0.717) is 35.5 Å². The molecule has 2 N–H and O–H groups in total. The first kappa shape index (κ1) is 21.0. The minimum absolute atomic E-state index is 0.0826. The average molecular weight is 426 g/mol. The lowest BCUT2D eigenvalue weighted by Gasteiger charge is -2.12. The molecule has 0 unspecified atom stereocenters. The van der Waals surface area contributed by atoms with Crippen LogP contribution in [0.5, 0.6) is 17.2 Å². The van der Waals surface area contributed by atoms with Crippen LogP contribution in [0.1, 0.15) is 27.0 Å². The maximum Gasteiger partial charge on any atom is 0.193 e. The van der Waals surface area contributed by atoms with Gasteiger partial charge in [-0.15, -0.1) is 0 Å². The number of carbonyl (C=O) groups is 1. The van der Waals surface area contributed by atoms with Crippen molar-refractivity contribution in [3.8, 4) is 17.2 Å². The summed E-state index contributed by atoms with van der Waals surface area (Å²) in [5.41, 5.74) is 2.65. The zero-order valence-electron chi connectivity index (χ0n) is 16.5. The maximum absolute atomic E-state index is 13.9. The molecule has 1 aliphatic rings. The molecule has 4 rings (SSSR count). The molecule has 0 bridgehead atoms. The molecule has 7 heteroatoms. The number of ether oxygens (including phenoxy) is 2. The van der Waals surface area contributed by atoms with Gasteiger partial charge < -0.3 is 19.7 Å². The monoisotopic (exact) mass is 426 g/mol. The summed E-state index contributed by atoms with van der Waals surface area (Å²) in [6, 6.07) is 13.1. The largest absolute Gasteiger partial charge is 0.491 e.